The Morgan fingerprint density at radius 3 is 2.28 bits per heavy atom. The topological polar surface area (TPSA) is 82.5 Å². The molecule has 0 saturated heterocycles. The van der Waals surface area contributed by atoms with E-state index in [2.05, 4.69) is 43.3 Å². The molecule has 0 bridgehead atoms. The van der Waals surface area contributed by atoms with Gasteiger partial charge in [-0.05, 0) is 30.5 Å². The van der Waals surface area contributed by atoms with Gasteiger partial charge in [-0.2, -0.15) is 0 Å². The molecule has 7 heteroatoms. The molecule has 6 nitrogen and oxygen atoms in total. The molecular formula is C22H31N3O3S. The summed E-state index contributed by atoms with van der Waals surface area (Å²) in [5, 5.41) is 14.9. The number of carboxylic acids is 1. The molecule has 0 aliphatic rings. The van der Waals surface area contributed by atoms with E-state index in [-0.39, 0.29) is 17.2 Å². The third-order valence-electron chi connectivity index (χ3n) is 4.72. The van der Waals surface area contributed by atoms with Crippen LogP contribution in [0.2, 0.25) is 0 Å². The van der Waals surface area contributed by atoms with Crippen molar-refractivity contribution in [3.63, 3.8) is 0 Å². The van der Waals surface area contributed by atoms with E-state index in [0.29, 0.717) is 12.1 Å². The average Bonchev–Trinajstić information content (AvgIpc) is 3.14. The Morgan fingerprint density at radius 2 is 1.83 bits per heavy atom. The largest absolute Gasteiger partial charge is 0.480 e. The monoisotopic (exact) mass is 417 g/mol. The van der Waals surface area contributed by atoms with E-state index in [4.69, 9.17) is 4.98 Å². The molecule has 1 atom stereocenters. The van der Waals surface area contributed by atoms with E-state index in [0.717, 1.165) is 22.9 Å². The Bertz CT molecular complexity index is 838. The summed E-state index contributed by atoms with van der Waals surface area (Å²) in [6.07, 6.45) is 0. The first-order valence-electron chi connectivity index (χ1n) is 9.86. The fraction of sp³-hybridized carbons (Fsp3) is 0.500. The number of benzene rings is 1. The van der Waals surface area contributed by atoms with Crippen molar-refractivity contribution in [1.29, 1.82) is 0 Å². The molecule has 1 heterocycles. The zero-order chi connectivity index (χ0) is 21.8. The number of aromatic nitrogens is 1. The Balaban J connectivity index is 2.08. The predicted octanol–water partition coefficient (Wildman–Crippen LogP) is 4.31. The number of carbonyl (C=O) groups excluding carboxylic acids is 1. The van der Waals surface area contributed by atoms with Gasteiger partial charge in [-0.3, -0.25) is 4.79 Å². The number of carboxylic acid groups (broad SMARTS) is 1. The minimum absolute atomic E-state index is 0.0208. The van der Waals surface area contributed by atoms with Crippen LogP contribution in [-0.4, -0.2) is 34.6 Å². The van der Waals surface area contributed by atoms with Gasteiger partial charge >= 0.3 is 5.97 Å². The lowest BCUT2D eigenvalue weighted by atomic mass is 9.93. The van der Waals surface area contributed by atoms with Crippen LogP contribution in [0.25, 0.3) is 0 Å². The maximum absolute atomic E-state index is 12.4. The van der Waals surface area contributed by atoms with Crippen LogP contribution in [0.1, 0.15) is 63.2 Å². The van der Waals surface area contributed by atoms with Crippen molar-refractivity contribution in [2.24, 2.45) is 5.92 Å². The number of hydrogen-bond acceptors (Lipinski definition) is 5. The highest BCUT2D eigenvalue weighted by atomic mass is 32.1. The number of nitrogens with zero attached hydrogens (tertiary/aromatic N) is 2. The molecule has 0 aliphatic carbocycles. The molecule has 1 aromatic carbocycles. The highest BCUT2D eigenvalue weighted by Crippen LogP contribution is 2.29. The van der Waals surface area contributed by atoms with Gasteiger partial charge in [0.25, 0.3) is 5.91 Å². The zero-order valence-electron chi connectivity index (χ0n) is 18.0. The fourth-order valence-corrected chi connectivity index (χ4v) is 3.91. The third-order valence-corrected chi connectivity index (χ3v) is 5.62. The minimum atomic E-state index is -1.03. The van der Waals surface area contributed by atoms with Crippen molar-refractivity contribution in [3.05, 3.63) is 46.5 Å². The van der Waals surface area contributed by atoms with Crippen LogP contribution < -0.4 is 10.2 Å². The van der Waals surface area contributed by atoms with E-state index in [1.165, 1.54) is 0 Å². The number of carbonyl (C=O) groups is 2. The first kappa shape index (κ1) is 22.9. The Kier molecular flexibility index (Phi) is 7.41. The van der Waals surface area contributed by atoms with E-state index in [1.54, 1.807) is 37.3 Å². The quantitative estimate of drug-likeness (QED) is 0.669. The van der Waals surface area contributed by atoms with Crippen LogP contribution in [0.15, 0.2) is 29.6 Å². The van der Waals surface area contributed by atoms with Gasteiger partial charge in [0.1, 0.15) is 6.04 Å². The summed E-state index contributed by atoms with van der Waals surface area (Å²) in [6, 6.07) is 6.38. The zero-order valence-corrected chi connectivity index (χ0v) is 18.8. The normalized spacial score (nSPS) is 12.7. The smallest absolute Gasteiger partial charge is 0.326 e. The summed E-state index contributed by atoms with van der Waals surface area (Å²) in [7, 11) is 0. The molecule has 0 aliphatic heterocycles. The van der Waals surface area contributed by atoms with Crippen LogP contribution in [0.4, 0.5) is 5.13 Å². The van der Waals surface area contributed by atoms with Gasteiger partial charge in [-0.15, -0.1) is 11.3 Å². The molecule has 0 radical (unpaired) electrons. The van der Waals surface area contributed by atoms with Gasteiger partial charge in [-0.1, -0.05) is 46.8 Å². The number of hydrogen-bond donors (Lipinski definition) is 2. The van der Waals surface area contributed by atoms with Crippen LogP contribution in [0, 0.1) is 5.92 Å². The molecule has 2 rings (SSSR count). The van der Waals surface area contributed by atoms with Crippen molar-refractivity contribution >= 4 is 28.3 Å². The van der Waals surface area contributed by atoms with Crippen LogP contribution in [0.5, 0.6) is 0 Å². The van der Waals surface area contributed by atoms with E-state index in [9.17, 15) is 14.7 Å². The second-order valence-corrected chi connectivity index (χ2v) is 9.35. The molecule has 1 amide bonds. The first-order valence-corrected chi connectivity index (χ1v) is 10.7. The molecule has 2 N–H and O–H groups in total. The summed E-state index contributed by atoms with van der Waals surface area (Å²) >= 11 is 1.64. The molecular weight excluding hydrogens is 386 g/mol. The lowest BCUT2D eigenvalue weighted by molar-refractivity contribution is -0.140. The first-order chi connectivity index (χ1) is 13.5. The number of rotatable bonds is 8. The minimum Gasteiger partial charge on any atom is -0.480 e. The summed E-state index contributed by atoms with van der Waals surface area (Å²) in [5.74, 6) is -1.59. The van der Waals surface area contributed by atoms with Crippen molar-refractivity contribution in [2.45, 2.75) is 59.5 Å². The van der Waals surface area contributed by atoms with Gasteiger partial charge in [0, 0.05) is 29.4 Å². The van der Waals surface area contributed by atoms with Gasteiger partial charge < -0.3 is 15.3 Å². The highest BCUT2D eigenvalue weighted by molar-refractivity contribution is 7.13. The van der Waals surface area contributed by atoms with Crippen molar-refractivity contribution in [1.82, 2.24) is 10.3 Å². The number of aliphatic carboxylic acids is 1. The van der Waals surface area contributed by atoms with Gasteiger partial charge in [0.2, 0.25) is 0 Å². The summed E-state index contributed by atoms with van der Waals surface area (Å²) in [5.41, 5.74) is 2.62. The van der Waals surface area contributed by atoms with E-state index in [1.807, 2.05) is 12.1 Å². The Hall–Kier alpha value is -2.41. The van der Waals surface area contributed by atoms with Crippen molar-refractivity contribution in [2.75, 3.05) is 11.4 Å². The summed E-state index contributed by atoms with van der Waals surface area (Å²) < 4.78 is 0. The molecule has 1 unspecified atom stereocenters. The average molecular weight is 418 g/mol. The standard InChI is InChI=1S/C22H31N3O3S/c1-7-25(21-23-17(13-29-21)22(4,5)6)12-15-8-10-16(11-9-15)19(26)24-18(14(2)3)20(27)28/h8-11,13-14,18H,7,12H2,1-6H3,(H,24,26)(H,27,28). The number of amides is 1. The maximum Gasteiger partial charge on any atom is 0.326 e. The molecule has 1 aromatic heterocycles. The second kappa shape index (κ2) is 9.39. The van der Waals surface area contributed by atoms with Gasteiger partial charge in [-0.25, -0.2) is 9.78 Å². The second-order valence-electron chi connectivity index (χ2n) is 8.51. The van der Waals surface area contributed by atoms with Crippen LogP contribution in [-0.2, 0) is 16.8 Å². The van der Waals surface area contributed by atoms with Crippen LogP contribution >= 0.6 is 11.3 Å². The number of nitrogens with one attached hydrogen (secondary N) is 1. The molecule has 0 saturated carbocycles. The summed E-state index contributed by atoms with van der Waals surface area (Å²) in [6.45, 7) is 13.6. The van der Waals surface area contributed by atoms with E-state index >= 15 is 0 Å². The van der Waals surface area contributed by atoms with Gasteiger partial charge in [0.15, 0.2) is 5.13 Å². The molecule has 2 aromatic rings. The third kappa shape index (κ3) is 6.03. The fourth-order valence-electron chi connectivity index (χ4n) is 2.79. The predicted molar refractivity (Wildman–Crippen MR) is 118 cm³/mol. The highest BCUT2D eigenvalue weighted by Gasteiger charge is 2.24. The van der Waals surface area contributed by atoms with Crippen LogP contribution in [0.3, 0.4) is 0 Å². The Morgan fingerprint density at radius 1 is 1.21 bits per heavy atom. The number of anilines is 1. The van der Waals surface area contributed by atoms with Crippen molar-refractivity contribution < 1.29 is 14.7 Å². The Labute approximate surface area is 177 Å². The number of thiazole rings is 1. The lowest BCUT2D eigenvalue weighted by Gasteiger charge is -2.21. The SMILES string of the molecule is CCN(Cc1ccc(C(=O)NC(C(=O)O)C(C)C)cc1)c1nc(C(C)(C)C)cs1. The molecule has 158 valence electrons. The van der Waals surface area contributed by atoms with E-state index < -0.39 is 12.0 Å². The molecule has 29 heavy (non-hydrogen) atoms. The molecule has 0 fully saturated rings. The summed E-state index contributed by atoms with van der Waals surface area (Å²) in [4.78, 5) is 30.7. The molecule has 0 spiro atoms. The van der Waals surface area contributed by atoms with Gasteiger partial charge in [0.05, 0.1) is 5.69 Å². The lowest BCUT2D eigenvalue weighted by Crippen LogP contribution is -2.44. The maximum atomic E-state index is 12.4. The van der Waals surface area contributed by atoms with Crippen molar-refractivity contribution in [3.8, 4) is 0 Å².